The van der Waals surface area contributed by atoms with Crippen molar-refractivity contribution in [1.29, 1.82) is 0 Å². The van der Waals surface area contributed by atoms with Gasteiger partial charge in [0, 0.05) is 69.6 Å². The van der Waals surface area contributed by atoms with Crippen molar-refractivity contribution in [1.82, 2.24) is 0 Å². The summed E-state index contributed by atoms with van der Waals surface area (Å²) in [5.74, 6) is -8.82. The lowest BCUT2D eigenvalue weighted by Crippen LogP contribution is -2.59. The number of phenolic OH excluding ortho intramolecular Hbond substituents is 7. The van der Waals surface area contributed by atoms with Crippen LogP contribution in [0.3, 0.4) is 0 Å². The van der Waals surface area contributed by atoms with Gasteiger partial charge in [0.15, 0.2) is 0 Å². The van der Waals surface area contributed by atoms with E-state index in [4.69, 9.17) is 23.7 Å². The monoisotopic (exact) mass is 814 g/mol. The normalized spacial score (nSPS) is 27.4. The van der Waals surface area contributed by atoms with E-state index in [1.54, 1.807) is 12.1 Å². The van der Waals surface area contributed by atoms with Crippen LogP contribution in [0.25, 0.3) is 0 Å². The Morgan fingerprint density at radius 1 is 0.450 bits per heavy atom. The Morgan fingerprint density at radius 2 is 0.917 bits per heavy atom. The molecule has 0 saturated heterocycles. The molecular formula is C45H34O15. The average molecular weight is 815 g/mol. The minimum Gasteiger partial charge on any atom is -0.508 e. The van der Waals surface area contributed by atoms with Crippen molar-refractivity contribution in [2.24, 2.45) is 0 Å². The van der Waals surface area contributed by atoms with Crippen molar-refractivity contribution in [3.05, 3.63) is 142 Å². The molecule has 6 aromatic rings. The fraction of sp³-hybridized carbons (Fsp3) is 0.200. The molecule has 15 nitrogen and oxygen atoms in total. The summed E-state index contributed by atoms with van der Waals surface area (Å²) in [5, 5.41) is 113. The molecule has 11 rings (SSSR count). The molecule has 6 aromatic carbocycles. The molecule has 0 aromatic heterocycles. The Balaban J connectivity index is 1.19. The molecule has 60 heavy (non-hydrogen) atoms. The molecule has 0 spiro atoms. The predicted molar refractivity (Wildman–Crippen MR) is 205 cm³/mol. The van der Waals surface area contributed by atoms with Crippen LogP contribution < -0.4 is 23.7 Å². The van der Waals surface area contributed by atoms with E-state index in [1.807, 2.05) is 0 Å². The fourth-order valence-electron chi connectivity index (χ4n) is 9.55. The minimum atomic E-state index is -2.19. The zero-order valence-corrected chi connectivity index (χ0v) is 30.9. The Hall–Kier alpha value is -7.20. The molecule has 5 heterocycles. The molecule has 8 atom stereocenters. The van der Waals surface area contributed by atoms with Crippen molar-refractivity contribution in [3.8, 4) is 69.0 Å². The summed E-state index contributed by atoms with van der Waals surface area (Å²) in [5.41, 5.74) is 1.40. The molecule has 5 aliphatic rings. The third-order valence-electron chi connectivity index (χ3n) is 12.2. The molecule has 0 saturated carbocycles. The molecule has 0 aliphatic carbocycles. The number of fused-ring (bicyclic) bond motifs is 15. The number of benzene rings is 6. The first-order valence-electron chi connectivity index (χ1n) is 19.0. The number of ether oxygens (including phenoxy) is 5. The second-order valence-corrected chi connectivity index (χ2v) is 15.6. The molecule has 0 radical (unpaired) electrons. The van der Waals surface area contributed by atoms with Crippen molar-refractivity contribution in [2.75, 3.05) is 0 Å². The molecule has 0 fully saturated rings. The molecule has 3 unspecified atom stereocenters. The zero-order chi connectivity index (χ0) is 41.6. The van der Waals surface area contributed by atoms with Crippen LogP contribution in [0.4, 0.5) is 0 Å². The van der Waals surface area contributed by atoms with E-state index in [9.17, 15) is 51.1 Å². The Labute approximate surface area is 338 Å². The molecule has 10 N–H and O–H groups in total. The quantitative estimate of drug-likeness (QED) is 0.114. The van der Waals surface area contributed by atoms with Crippen LogP contribution in [0.5, 0.6) is 69.0 Å². The van der Waals surface area contributed by atoms with Crippen LogP contribution in [-0.4, -0.2) is 69.4 Å². The van der Waals surface area contributed by atoms with E-state index in [0.717, 1.165) is 6.07 Å². The van der Waals surface area contributed by atoms with E-state index >= 15 is 0 Å². The van der Waals surface area contributed by atoms with Gasteiger partial charge in [0.05, 0.1) is 17.9 Å². The summed E-state index contributed by atoms with van der Waals surface area (Å²) in [4.78, 5) is 0. The minimum absolute atomic E-state index is 0.00846. The smallest absolute Gasteiger partial charge is 0.305 e. The van der Waals surface area contributed by atoms with Crippen LogP contribution in [0, 0.1) is 0 Å². The SMILES string of the molecule is Oc1ccc([C@H]2Oc3c(c(O)cc4c3C3c5c(O)cc6c(c5OC(c5ccc(O)cc5)(O4)[C@H]3O)C3c4c(O)cc(O)cc4O[C@@](c4ccc(O)cc4)(O6)[C@@H]3O)C[C@@H]2O)cc1. The van der Waals surface area contributed by atoms with Gasteiger partial charge in [-0.1, -0.05) is 12.1 Å². The van der Waals surface area contributed by atoms with Gasteiger partial charge < -0.3 is 74.7 Å². The highest BCUT2D eigenvalue weighted by Gasteiger charge is 2.64. The highest BCUT2D eigenvalue weighted by atomic mass is 16.7. The number of aromatic hydroxyl groups is 7. The van der Waals surface area contributed by atoms with Crippen molar-refractivity contribution < 1.29 is 74.7 Å². The van der Waals surface area contributed by atoms with Crippen molar-refractivity contribution in [2.45, 2.75) is 54.2 Å². The number of aliphatic hydroxyl groups is 3. The van der Waals surface area contributed by atoms with Crippen LogP contribution in [0.15, 0.2) is 97.1 Å². The van der Waals surface area contributed by atoms with Gasteiger partial charge in [-0.2, -0.15) is 0 Å². The lowest BCUT2D eigenvalue weighted by Gasteiger charge is -2.53. The maximum absolute atomic E-state index is 12.7. The average Bonchev–Trinajstić information content (AvgIpc) is 3.20. The maximum atomic E-state index is 12.7. The number of hydrogen-bond acceptors (Lipinski definition) is 15. The number of aliphatic hydroxyl groups excluding tert-OH is 3. The standard InChI is InChI=1S/C45H34O15/c46-21-7-1-18(2-8-21)39-29(53)15-25-26(50)16-31-35(40(25)56-39)38-34-28(52)17-32-36(41(34)60-45(59-31,43(38)55)20-5-11-23(48)12-6-20)37-33-27(51)13-24(49)14-30(33)57-44(58-32,42(37)54)19-3-9-22(47)10-4-19/h1-14,16-17,29,37-39,42-43,46-55H,15H2/t29-,37?,38?,39+,42+,43-,44-,45?/m0/s1. The van der Waals surface area contributed by atoms with E-state index in [-0.39, 0.29) is 103 Å². The summed E-state index contributed by atoms with van der Waals surface area (Å²) in [6.45, 7) is 0. The van der Waals surface area contributed by atoms with Gasteiger partial charge >= 0.3 is 11.6 Å². The lowest BCUT2D eigenvalue weighted by molar-refractivity contribution is -0.227. The fourth-order valence-corrected chi connectivity index (χ4v) is 9.55. The highest BCUT2D eigenvalue weighted by Crippen LogP contribution is 2.67. The molecule has 5 aliphatic heterocycles. The number of rotatable bonds is 3. The second kappa shape index (κ2) is 12.2. The molecule has 15 heteroatoms. The summed E-state index contributed by atoms with van der Waals surface area (Å²) in [6, 6.07) is 22.2. The number of hydrogen-bond donors (Lipinski definition) is 10. The Kier molecular flexibility index (Phi) is 7.29. The first kappa shape index (κ1) is 35.9. The van der Waals surface area contributed by atoms with E-state index < -0.39 is 59.3 Å². The summed E-state index contributed by atoms with van der Waals surface area (Å²) in [7, 11) is 0. The maximum Gasteiger partial charge on any atom is 0.305 e. The van der Waals surface area contributed by atoms with Crippen LogP contribution >= 0.6 is 0 Å². The summed E-state index contributed by atoms with van der Waals surface area (Å²) >= 11 is 0. The third-order valence-corrected chi connectivity index (χ3v) is 12.2. The van der Waals surface area contributed by atoms with Gasteiger partial charge in [0.2, 0.25) is 0 Å². The number of phenols is 7. The molecular weight excluding hydrogens is 780 g/mol. The predicted octanol–water partition coefficient (Wildman–Crippen LogP) is 4.92. The van der Waals surface area contributed by atoms with Crippen molar-refractivity contribution >= 4 is 0 Å². The van der Waals surface area contributed by atoms with Gasteiger partial charge in [-0.05, 0) is 66.2 Å². The Morgan fingerprint density at radius 3 is 1.50 bits per heavy atom. The van der Waals surface area contributed by atoms with Gasteiger partial charge in [-0.15, -0.1) is 0 Å². The van der Waals surface area contributed by atoms with Gasteiger partial charge in [0.1, 0.15) is 87.3 Å². The van der Waals surface area contributed by atoms with Gasteiger partial charge in [-0.25, -0.2) is 0 Å². The Bertz CT molecular complexity index is 2770. The van der Waals surface area contributed by atoms with Crippen LogP contribution in [0.1, 0.15) is 62.4 Å². The van der Waals surface area contributed by atoms with Gasteiger partial charge in [0.25, 0.3) is 0 Å². The third kappa shape index (κ3) is 4.75. The summed E-state index contributed by atoms with van der Waals surface area (Å²) in [6.07, 6.45) is -5.65. The largest absolute Gasteiger partial charge is 0.508 e. The molecule has 0 amide bonds. The van der Waals surface area contributed by atoms with E-state index in [0.29, 0.717) is 5.56 Å². The molecule has 304 valence electrons. The van der Waals surface area contributed by atoms with Crippen molar-refractivity contribution in [3.63, 3.8) is 0 Å². The summed E-state index contributed by atoms with van der Waals surface area (Å²) < 4.78 is 33.0. The van der Waals surface area contributed by atoms with Crippen LogP contribution in [0.2, 0.25) is 0 Å². The second-order valence-electron chi connectivity index (χ2n) is 15.6. The van der Waals surface area contributed by atoms with E-state index in [2.05, 4.69) is 0 Å². The van der Waals surface area contributed by atoms with Crippen LogP contribution in [-0.2, 0) is 18.0 Å². The first-order valence-corrected chi connectivity index (χ1v) is 19.0. The topological polar surface area (TPSA) is 248 Å². The lowest BCUT2D eigenvalue weighted by atomic mass is 9.70. The van der Waals surface area contributed by atoms with Gasteiger partial charge in [-0.3, -0.25) is 0 Å². The van der Waals surface area contributed by atoms with E-state index in [1.165, 1.54) is 78.9 Å². The molecule has 4 bridgehead atoms. The first-order chi connectivity index (χ1) is 28.8. The highest BCUT2D eigenvalue weighted by molar-refractivity contribution is 5.73. The zero-order valence-electron chi connectivity index (χ0n) is 30.9.